The number of aromatic nitrogens is 1. The third-order valence-corrected chi connectivity index (χ3v) is 3.52. The minimum Gasteiger partial charge on any atom is -0.267 e. The van der Waals surface area contributed by atoms with Crippen LogP contribution in [0.3, 0.4) is 0 Å². The largest absolute Gasteiger partial charge is 0.275 e. The average Bonchev–Trinajstić information content (AvgIpc) is 2.55. The highest BCUT2D eigenvalue weighted by Gasteiger charge is 2.20. The van der Waals surface area contributed by atoms with Crippen molar-refractivity contribution in [3.63, 3.8) is 0 Å². The fourth-order valence-corrected chi connectivity index (χ4v) is 2.47. The van der Waals surface area contributed by atoms with Gasteiger partial charge in [-0.25, -0.2) is 5.01 Å². The van der Waals surface area contributed by atoms with E-state index in [4.69, 9.17) is 11.6 Å². The normalized spacial score (nSPS) is 14.7. The number of pyridine rings is 1. The zero-order valence-corrected chi connectivity index (χ0v) is 12.1. The van der Waals surface area contributed by atoms with Crippen LogP contribution in [0.1, 0.15) is 28.8 Å². The number of carbonyl (C=O) groups excluding carboxylic acids is 1. The molecule has 2 heterocycles. The second-order valence-corrected chi connectivity index (χ2v) is 5.27. The molecule has 3 rings (SSSR count). The second kappa shape index (κ2) is 6.06. The average molecular weight is 300 g/mol. The van der Waals surface area contributed by atoms with Crippen LogP contribution < -0.4 is 0 Å². The third-order valence-electron chi connectivity index (χ3n) is 3.32. The molecule has 0 N–H and O–H groups in total. The molecular weight excluding hydrogens is 286 g/mol. The molecule has 1 aliphatic rings. The smallest absolute Gasteiger partial charge is 0.267 e. The van der Waals surface area contributed by atoms with Gasteiger partial charge < -0.3 is 0 Å². The van der Waals surface area contributed by atoms with Crippen LogP contribution in [-0.2, 0) is 0 Å². The van der Waals surface area contributed by atoms with E-state index in [2.05, 4.69) is 10.1 Å². The molecule has 0 spiro atoms. The molecule has 0 aliphatic carbocycles. The van der Waals surface area contributed by atoms with Gasteiger partial charge in [0, 0.05) is 18.9 Å². The molecule has 0 bridgehead atoms. The lowest BCUT2D eigenvalue weighted by molar-refractivity contribution is 0.0751. The Kier molecular flexibility index (Phi) is 3.97. The first-order valence-corrected chi connectivity index (χ1v) is 7.17. The van der Waals surface area contributed by atoms with Gasteiger partial charge in [-0.3, -0.25) is 9.78 Å². The zero-order valence-electron chi connectivity index (χ0n) is 11.4. The summed E-state index contributed by atoms with van der Waals surface area (Å²) in [6, 6.07) is 11.5. The highest BCUT2D eigenvalue weighted by molar-refractivity contribution is 6.30. The summed E-state index contributed by atoms with van der Waals surface area (Å²) in [6.07, 6.45) is 4.79. The molecule has 4 nitrogen and oxygen atoms in total. The fraction of sp³-hybridized carbons (Fsp3) is 0.188. The molecule has 2 aromatic rings. The van der Waals surface area contributed by atoms with Crippen molar-refractivity contribution in [3.8, 4) is 0 Å². The first-order chi connectivity index (χ1) is 10.2. The van der Waals surface area contributed by atoms with E-state index in [1.165, 1.54) is 17.4 Å². The number of nitrogens with zero attached hydrogens (tertiary/aromatic N) is 3. The second-order valence-electron chi connectivity index (χ2n) is 4.84. The van der Waals surface area contributed by atoms with E-state index in [9.17, 15) is 4.79 Å². The van der Waals surface area contributed by atoms with Gasteiger partial charge in [0.25, 0.3) is 5.91 Å². The lowest BCUT2D eigenvalue weighted by Gasteiger charge is -2.23. The van der Waals surface area contributed by atoms with Crippen LogP contribution in [0.5, 0.6) is 0 Å². The number of halogens is 1. The lowest BCUT2D eigenvalue weighted by atomic mass is 10.0. The van der Waals surface area contributed by atoms with Crippen LogP contribution in [0.15, 0.2) is 53.9 Å². The molecule has 0 radical (unpaired) electrons. The fourth-order valence-electron chi connectivity index (χ4n) is 2.30. The Labute approximate surface area is 128 Å². The Morgan fingerprint density at radius 3 is 2.76 bits per heavy atom. The number of hydrogen-bond acceptors (Lipinski definition) is 3. The van der Waals surface area contributed by atoms with Crippen molar-refractivity contribution in [1.29, 1.82) is 0 Å². The van der Waals surface area contributed by atoms with E-state index in [-0.39, 0.29) is 5.91 Å². The Morgan fingerprint density at radius 1 is 1.19 bits per heavy atom. The summed E-state index contributed by atoms with van der Waals surface area (Å²) in [7, 11) is 0. The summed E-state index contributed by atoms with van der Waals surface area (Å²) in [5, 5.41) is 6.44. The molecule has 21 heavy (non-hydrogen) atoms. The maximum absolute atomic E-state index is 12.4. The molecule has 1 aromatic carbocycles. The summed E-state index contributed by atoms with van der Waals surface area (Å²) < 4.78 is 0. The molecule has 1 aliphatic heterocycles. The van der Waals surface area contributed by atoms with E-state index in [0.717, 1.165) is 24.1 Å². The first kappa shape index (κ1) is 13.8. The summed E-state index contributed by atoms with van der Waals surface area (Å²) >= 11 is 5.88. The number of benzene rings is 1. The van der Waals surface area contributed by atoms with Crippen LogP contribution in [0, 0.1) is 0 Å². The maximum atomic E-state index is 12.4. The minimum absolute atomic E-state index is 0.168. The molecule has 106 valence electrons. The van der Waals surface area contributed by atoms with E-state index >= 15 is 0 Å². The van der Waals surface area contributed by atoms with Crippen molar-refractivity contribution in [1.82, 2.24) is 9.99 Å². The Hall–Kier alpha value is -2.20. The summed E-state index contributed by atoms with van der Waals surface area (Å²) in [4.78, 5) is 16.4. The number of hydrogen-bond donors (Lipinski definition) is 0. The SMILES string of the molecule is O=C(c1cncc(Cl)c1)N1CCCC(c2ccccc2)=N1. The zero-order chi connectivity index (χ0) is 14.7. The maximum Gasteiger partial charge on any atom is 0.275 e. The highest BCUT2D eigenvalue weighted by atomic mass is 35.5. The van der Waals surface area contributed by atoms with Crippen molar-refractivity contribution in [2.45, 2.75) is 12.8 Å². The summed E-state index contributed by atoms with van der Waals surface area (Å²) in [6.45, 7) is 0.613. The monoisotopic (exact) mass is 299 g/mol. The van der Waals surface area contributed by atoms with E-state index < -0.39 is 0 Å². The van der Waals surface area contributed by atoms with Crippen molar-refractivity contribution >= 4 is 23.2 Å². The number of carbonyl (C=O) groups is 1. The molecule has 1 aromatic heterocycles. The van der Waals surface area contributed by atoms with Gasteiger partial charge in [0.1, 0.15) is 0 Å². The van der Waals surface area contributed by atoms with Gasteiger partial charge in [0.2, 0.25) is 0 Å². The number of hydrazone groups is 1. The predicted octanol–water partition coefficient (Wildman–Crippen LogP) is 3.38. The highest BCUT2D eigenvalue weighted by Crippen LogP contribution is 2.17. The third kappa shape index (κ3) is 3.11. The van der Waals surface area contributed by atoms with Gasteiger partial charge in [0.15, 0.2) is 0 Å². The molecule has 0 unspecified atom stereocenters. The molecular formula is C16H14ClN3O. The van der Waals surface area contributed by atoms with Crippen LogP contribution in [0.2, 0.25) is 5.02 Å². The van der Waals surface area contributed by atoms with E-state index in [1.807, 2.05) is 30.3 Å². The van der Waals surface area contributed by atoms with E-state index in [1.54, 1.807) is 6.07 Å². The van der Waals surface area contributed by atoms with Gasteiger partial charge in [-0.1, -0.05) is 41.9 Å². The standard InChI is InChI=1S/C16H14ClN3O/c17-14-9-13(10-18-11-14)16(21)20-8-4-7-15(19-20)12-5-2-1-3-6-12/h1-3,5-6,9-11H,4,7-8H2. The van der Waals surface area contributed by atoms with Crippen molar-refractivity contribution < 1.29 is 4.79 Å². The van der Waals surface area contributed by atoms with Crippen LogP contribution in [0.25, 0.3) is 0 Å². The quantitative estimate of drug-likeness (QED) is 0.853. The van der Waals surface area contributed by atoms with Gasteiger partial charge in [-0.2, -0.15) is 5.10 Å². The lowest BCUT2D eigenvalue weighted by Crippen LogP contribution is -2.32. The van der Waals surface area contributed by atoms with Gasteiger partial charge in [-0.15, -0.1) is 0 Å². The van der Waals surface area contributed by atoms with E-state index in [0.29, 0.717) is 17.1 Å². The first-order valence-electron chi connectivity index (χ1n) is 6.79. The molecule has 0 atom stereocenters. The van der Waals surface area contributed by atoms with Crippen molar-refractivity contribution in [2.75, 3.05) is 6.54 Å². The molecule has 1 amide bonds. The van der Waals surface area contributed by atoms with Crippen LogP contribution in [0.4, 0.5) is 0 Å². The van der Waals surface area contributed by atoms with Crippen molar-refractivity contribution in [2.24, 2.45) is 5.10 Å². The molecule has 0 saturated heterocycles. The Balaban J connectivity index is 1.87. The van der Waals surface area contributed by atoms with Gasteiger partial charge >= 0.3 is 0 Å². The van der Waals surface area contributed by atoms with Gasteiger partial charge in [-0.05, 0) is 24.5 Å². The predicted molar refractivity (Wildman–Crippen MR) is 82.5 cm³/mol. The Morgan fingerprint density at radius 2 is 2.00 bits per heavy atom. The molecule has 0 fully saturated rings. The summed E-state index contributed by atoms with van der Waals surface area (Å²) in [5.41, 5.74) is 2.45. The summed E-state index contributed by atoms with van der Waals surface area (Å²) in [5.74, 6) is -0.168. The van der Waals surface area contributed by atoms with Crippen LogP contribution >= 0.6 is 11.6 Å². The molecule has 0 saturated carbocycles. The number of rotatable bonds is 2. The minimum atomic E-state index is -0.168. The van der Waals surface area contributed by atoms with Crippen LogP contribution in [-0.4, -0.2) is 28.2 Å². The topological polar surface area (TPSA) is 45.6 Å². The van der Waals surface area contributed by atoms with Crippen molar-refractivity contribution in [3.05, 3.63) is 64.9 Å². The number of amides is 1. The Bertz CT molecular complexity index is 685. The molecule has 5 heteroatoms. The van der Waals surface area contributed by atoms with Gasteiger partial charge in [0.05, 0.1) is 16.3 Å².